The fourth-order valence-electron chi connectivity index (χ4n) is 4.43. The van der Waals surface area contributed by atoms with Crippen molar-refractivity contribution >= 4 is 33.2 Å². The first-order valence-electron chi connectivity index (χ1n) is 11.4. The molecule has 1 unspecified atom stereocenters. The van der Waals surface area contributed by atoms with Crippen molar-refractivity contribution in [3.05, 3.63) is 18.2 Å². The number of morpholine rings is 1. The van der Waals surface area contributed by atoms with Crippen LogP contribution in [0.5, 0.6) is 0 Å². The molecule has 3 aliphatic rings. The molecule has 1 aromatic rings. The molecular weight excluding hydrogens is 432 g/mol. The normalized spacial score (nSPS) is 22.2. The topological polar surface area (TPSA) is 99.3 Å². The lowest BCUT2D eigenvalue weighted by Gasteiger charge is -2.28. The van der Waals surface area contributed by atoms with Gasteiger partial charge >= 0.3 is 0 Å². The number of nitrogens with zero attached hydrogens (tertiary/aromatic N) is 3. The lowest BCUT2D eigenvalue weighted by molar-refractivity contribution is -0.128. The molecule has 32 heavy (non-hydrogen) atoms. The highest BCUT2D eigenvalue weighted by Crippen LogP contribution is 2.34. The Bertz CT molecular complexity index is 969. The summed E-state index contributed by atoms with van der Waals surface area (Å²) < 4.78 is 33.0. The first-order chi connectivity index (χ1) is 15.3. The van der Waals surface area contributed by atoms with Crippen molar-refractivity contribution in [1.29, 1.82) is 0 Å². The van der Waals surface area contributed by atoms with E-state index in [1.165, 1.54) is 4.31 Å². The van der Waals surface area contributed by atoms with Gasteiger partial charge in [-0.05, 0) is 44.9 Å². The molecule has 2 saturated heterocycles. The van der Waals surface area contributed by atoms with Crippen molar-refractivity contribution in [2.45, 2.75) is 44.0 Å². The molecule has 9 nitrogen and oxygen atoms in total. The van der Waals surface area contributed by atoms with E-state index in [4.69, 9.17) is 4.74 Å². The Kier molecular flexibility index (Phi) is 6.73. The number of hydrogen-bond donors (Lipinski definition) is 1. The first kappa shape index (κ1) is 23.0. The number of likely N-dealkylation sites (tertiary alicyclic amines) is 1. The van der Waals surface area contributed by atoms with Crippen LogP contribution in [-0.2, 0) is 24.3 Å². The number of anilines is 2. The summed E-state index contributed by atoms with van der Waals surface area (Å²) in [6.45, 7) is 7.24. The summed E-state index contributed by atoms with van der Waals surface area (Å²) >= 11 is 0. The zero-order chi connectivity index (χ0) is 22.9. The number of hydrogen-bond acceptors (Lipinski definition) is 6. The molecule has 10 heteroatoms. The standard InChI is InChI=1S/C22H32N4O5S/c1-3-24(4-2)20-8-7-18(32(29,30)25-9-11-31-12-10-25)14-19(20)23-22(28)16-13-21(27)26(15-16)17-5-6-17/h7-8,14,16-17H,3-6,9-13,15H2,1-2H3,(H,23,28). The molecule has 176 valence electrons. The summed E-state index contributed by atoms with van der Waals surface area (Å²) in [4.78, 5) is 29.4. The molecule has 2 amide bonds. The van der Waals surface area contributed by atoms with Gasteiger partial charge in [-0.15, -0.1) is 0 Å². The Morgan fingerprint density at radius 3 is 2.50 bits per heavy atom. The average molecular weight is 465 g/mol. The van der Waals surface area contributed by atoms with Crippen molar-refractivity contribution in [3.63, 3.8) is 0 Å². The van der Waals surface area contributed by atoms with E-state index in [-0.39, 0.29) is 29.2 Å². The summed E-state index contributed by atoms with van der Waals surface area (Å²) in [6, 6.07) is 5.19. The van der Waals surface area contributed by atoms with E-state index >= 15 is 0 Å². The summed E-state index contributed by atoms with van der Waals surface area (Å²) in [5, 5.41) is 2.95. The number of rotatable bonds is 8. The van der Waals surface area contributed by atoms with Crippen LogP contribution >= 0.6 is 0 Å². The summed E-state index contributed by atoms with van der Waals surface area (Å²) in [7, 11) is -3.69. The fraction of sp³-hybridized carbons (Fsp3) is 0.636. The Morgan fingerprint density at radius 1 is 1.19 bits per heavy atom. The zero-order valence-corrected chi connectivity index (χ0v) is 19.6. The second-order valence-corrected chi connectivity index (χ2v) is 10.5. The molecule has 1 aliphatic carbocycles. The molecule has 4 rings (SSSR count). The molecule has 0 radical (unpaired) electrons. The van der Waals surface area contributed by atoms with E-state index in [1.807, 2.05) is 18.7 Å². The number of amides is 2. The summed E-state index contributed by atoms with van der Waals surface area (Å²) in [6.07, 6.45) is 2.22. The van der Waals surface area contributed by atoms with E-state index in [1.54, 1.807) is 18.2 Å². The van der Waals surface area contributed by atoms with E-state index in [0.29, 0.717) is 51.6 Å². The van der Waals surface area contributed by atoms with E-state index < -0.39 is 15.9 Å². The maximum atomic E-state index is 13.2. The molecule has 1 saturated carbocycles. The fourth-order valence-corrected chi connectivity index (χ4v) is 5.87. The number of carbonyl (C=O) groups is 2. The predicted molar refractivity (Wildman–Crippen MR) is 121 cm³/mol. The van der Waals surface area contributed by atoms with Gasteiger partial charge in [-0.1, -0.05) is 0 Å². The highest BCUT2D eigenvalue weighted by atomic mass is 32.2. The Morgan fingerprint density at radius 2 is 1.88 bits per heavy atom. The van der Waals surface area contributed by atoms with Crippen LogP contribution < -0.4 is 10.2 Å². The quantitative estimate of drug-likeness (QED) is 0.626. The zero-order valence-electron chi connectivity index (χ0n) is 18.7. The lowest BCUT2D eigenvalue weighted by atomic mass is 10.1. The van der Waals surface area contributed by atoms with Gasteiger partial charge in [0, 0.05) is 45.2 Å². The molecule has 0 aromatic heterocycles. The number of ether oxygens (including phenoxy) is 1. The van der Waals surface area contributed by atoms with E-state index in [9.17, 15) is 18.0 Å². The van der Waals surface area contributed by atoms with Gasteiger partial charge in [-0.25, -0.2) is 8.42 Å². The van der Waals surface area contributed by atoms with E-state index in [0.717, 1.165) is 18.5 Å². The van der Waals surface area contributed by atoms with Gasteiger partial charge < -0.3 is 19.9 Å². The lowest BCUT2D eigenvalue weighted by Crippen LogP contribution is -2.40. The van der Waals surface area contributed by atoms with Crippen LogP contribution in [0.25, 0.3) is 0 Å². The Labute approximate surface area is 189 Å². The molecule has 1 N–H and O–H groups in total. The summed E-state index contributed by atoms with van der Waals surface area (Å²) in [5.41, 5.74) is 1.23. The van der Waals surface area contributed by atoms with Crippen LogP contribution in [0.15, 0.2) is 23.1 Å². The van der Waals surface area contributed by atoms with Gasteiger partial charge in [0.15, 0.2) is 0 Å². The number of carbonyl (C=O) groups excluding carboxylic acids is 2. The monoisotopic (exact) mass is 464 g/mol. The third kappa shape index (κ3) is 4.62. The molecule has 1 aromatic carbocycles. The van der Waals surface area contributed by atoms with Crippen molar-refractivity contribution in [2.24, 2.45) is 5.92 Å². The van der Waals surface area contributed by atoms with Crippen LogP contribution in [0.2, 0.25) is 0 Å². The Balaban J connectivity index is 1.60. The number of benzene rings is 1. The minimum Gasteiger partial charge on any atom is -0.379 e. The average Bonchev–Trinajstić information content (AvgIpc) is 3.57. The predicted octanol–water partition coefficient (Wildman–Crippen LogP) is 1.50. The molecule has 1 atom stereocenters. The maximum Gasteiger partial charge on any atom is 0.243 e. The van der Waals surface area contributed by atoms with E-state index in [2.05, 4.69) is 10.2 Å². The maximum absolute atomic E-state index is 13.2. The SMILES string of the molecule is CCN(CC)c1ccc(S(=O)(=O)N2CCOCC2)cc1NC(=O)C1CC(=O)N(C2CC2)C1. The summed E-state index contributed by atoms with van der Waals surface area (Å²) in [5.74, 6) is -0.636. The minimum atomic E-state index is -3.69. The second kappa shape index (κ2) is 9.36. The molecule has 0 bridgehead atoms. The molecule has 3 fully saturated rings. The molecule has 2 heterocycles. The van der Waals surface area contributed by atoms with Gasteiger partial charge in [-0.3, -0.25) is 9.59 Å². The first-order valence-corrected chi connectivity index (χ1v) is 12.9. The Hall–Kier alpha value is -2.17. The van der Waals surface area contributed by atoms with Crippen molar-refractivity contribution in [1.82, 2.24) is 9.21 Å². The number of sulfonamides is 1. The highest BCUT2D eigenvalue weighted by Gasteiger charge is 2.42. The third-order valence-electron chi connectivity index (χ3n) is 6.45. The van der Waals surface area contributed by atoms with Crippen LogP contribution in [0.4, 0.5) is 11.4 Å². The van der Waals surface area contributed by atoms with Crippen molar-refractivity contribution < 1.29 is 22.7 Å². The van der Waals surface area contributed by atoms with Gasteiger partial charge in [-0.2, -0.15) is 4.31 Å². The van der Waals surface area contributed by atoms with Crippen LogP contribution in [0.3, 0.4) is 0 Å². The number of nitrogens with one attached hydrogen (secondary N) is 1. The van der Waals surface area contributed by atoms with Crippen LogP contribution in [0, 0.1) is 5.92 Å². The van der Waals surface area contributed by atoms with Gasteiger partial charge in [0.25, 0.3) is 0 Å². The van der Waals surface area contributed by atoms with Gasteiger partial charge in [0.2, 0.25) is 21.8 Å². The molecule has 2 aliphatic heterocycles. The van der Waals surface area contributed by atoms with Crippen LogP contribution in [0.1, 0.15) is 33.1 Å². The third-order valence-corrected chi connectivity index (χ3v) is 8.35. The largest absolute Gasteiger partial charge is 0.379 e. The molecule has 0 spiro atoms. The second-order valence-electron chi connectivity index (χ2n) is 8.54. The van der Waals surface area contributed by atoms with Crippen molar-refractivity contribution in [2.75, 3.05) is 56.2 Å². The van der Waals surface area contributed by atoms with Gasteiger partial charge in [0.1, 0.15) is 0 Å². The minimum absolute atomic E-state index is 0.0280. The smallest absolute Gasteiger partial charge is 0.243 e. The molecular formula is C22H32N4O5S. The van der Waals surface area contributed by atoms with Crippen molar-refractivity contribution in [3.8, 4) is 0 Å². The van der Waals surface area contributed by atoms with Crippen LogP contribution in [-0.4, -0.2) is 81.4 Å². The highest BCUT2D eigenvalue weighted by molar-refractivity contribution is 7.89. The van der Waals surface area contributed by atoms with Gasteiger partial charge in [0.05, 0.1) is 35.4 Å².